The SMILES string of the molecule is CCc1ccc2nc(N3CCN(C(=O)C(Cl)(Cl)Cl)CC3)sc2c1. The van der Waals surface area contributed by atoms with Crippen LogP contribution in [0, 0.1) is 0 Å². The number of alkyl halides is 3. The first-order valence-electron chi connectivity index (χ1n) is 7.39. The fraction of sp³-hybridized carbons (Fsp3) is 0.467. The van der Waals surface area contributed by atoms with Gasteiger partial charge in [-0.05, 0) is 24.1 Å². The Morgan fingerprint density at radius 3 is 2.57 bits per heavy atom. The van der Waals surface area contributed by atoms with Crippen molar-refractivity contribution in [3.8, 4) is 0 Å². The zero-order chi connectivity index (χ0) is 16.6. The lowest BCUT2D eigenvalue weighted by Gasteiger charge is -2.35. The number of halogens is 3. The van der Waals surface area contributed by atoms with Gasteiger partial charge in [-0.1, -0.05) is 59.1 Å². The Kier molecular flexibility index (Phi) is 4.93. The summed E-state index contributed by atoms with van der Waals surface area (Å²) < 4.78 is -0.687. The third kappa shape index (κ3) is 3.68. The van der Waals surface area contributed by atoms with Gasteiger partial charge in [0.15, 0.2) is 5.13 Å². The summed E-state index contributed by atoms with van der Waals surface area (Å²) >= 11 is 18.7. The molecule has 1 aromatic heterocycles. The Bertz CT molecular complexity index is 720. The number of fused-ring (bicyclic) bond motifs is 1. The predicted octanol–water partition coefficient (Wildman–Crippen LogP) is 3.88. The molecule has 0 spiro atoms. The van der Waals surface area contributed by atoms with Crippen LogP contribution in [0.3, 0.4) is 0 Å². The van der Waals surface area contributed by atoms with Crippen molar-refractivity contribution in [1.29, 1.82) is 0 Å². The normalized spacial score (nSPS) is 16.2. The largest absolute Gasteiger partial charge is 0.345 e. The van der Waals surface area contributed by atoms with Crippen molar-refractivity contribution in [3.63, 3.8) is 0 Å². The number of anilines is 1. The highest BCUT2D eigenvalue weighted by Crippen LogP contribution is 2.32. The minimum atomic E-state index is -1.88. The molecule has 3 rings (SSSR count). The fourth-order valence-corrected chi connectivity index (χ4v) is 4.03. The molecule has 1 aliphatic rings. The molecule has 0 radical (unpaired) electrons. The average Bonchev–Trinajstić information content (AvgIpc) is 2.96. The van der Waals surface area contributed by atoms with Gasteiger partial charge in [0.2, 0.25) is 0 Å². The number of amides is 1. The smallest absolute Gasteiger partial charge is 0.274 e. The number of rotatable bonds is 2. The third-order valence-corrected chi connectivity index (χ3v) is 5.49. The second kappa shape index (κ2) is 6.63. The lowest BCUT2D eigenvalue weighted by Crippen LogP contribution is -2.51. The molecule has 1 aliphatic heterocycles. The lowest BCUT2D eigenvalue weighted by atomic mass is 10.2. The van der Waals surface area contributed by atoms with Crippen molar-refractivity contribution < 1.29 is 4.79 Å². The Morgan fingerprint density at radius 1 is 1.26 bits per heavy atom. The zero-order valence-electron chi connectivity index (χ0n) is 12.6. The van der Waals surface area contributed by atoms with Crippen LogP contribution in [0.2, 0.25) is 0 Å². The van der Waals surface area contributed by atoms with Crippen molar-refractivity contribution in [1.82, 2.24) is 9.88 Å². The van der Waals surface area contributed by atoms with E-state index in [1.165, 1.54) is 10.3 Å². The first kappa shape index (κ1) is 17.1. The molecule has 4 nitrogen and oxygen atoms in total. The Labute approximate surface area is 153 Å². The number of benzene rings is 1. The first-order chi connectivity index (χ1) is 10.9. The van der Waals surface area contributed by atoms with Gasteiger partial charge in [-0.15, -0.1) is 0 Å². The van der Waals surface area contributed by atoms with E-state index in [4.69, 9.17) is 39.8 Å². The van der Waals surface area contributed by atoms with Crippen molar-refractivity contribution in [2.45, 2.75) is 17.1 Å². The third-order valence-electron chi connectivity index (χ3n) is 3.93. The topological polar surface area (TPSA) is 36.4 Å². The molecular formula is C15H16Cl3N3OS. The van der Waals surface area contributed by atoms with Gasteiger partial charge in [-0.25, -0.2) is 4.98 Å². The van der Waals surface area contributed by atoms with E-state index in [0.717, 1.165) is 17.1 Å². The maximum absolute atomic E-state index is 12.0. The van der Waals surface area contributed by atoms with Gasteiger partial charge >= 0.3 is 0 Å². The maximum atomic E-state index is 12.0. The van der Waals surface area contributed by atoms with Crippen LogP contribution < -0.4 is 4.90 Å². The molecule has 0 unspecified atom stereocenters. The Balaban J connectivity index is 1.71. The number of aromatic nitrogens is 1. The molecular weight excluding hydrogens is 377 g/mol. The predicted molar refractivity (Wildman–Crippen MR) is 98.1 cm³/mol. The number of hydrogen-bond acceptors (Lipinski definition) is 4. The standard InChI is InChI=1S/C15H16Cl3N3OS/c1-2-10-3-4-11-12(9-10)23-14(19-11)21-7-5-20(6-8-21)13(22)15(16,17)18/h3-4,9H,2,5-8H2,1H3. The summed E-state index contributed by atoms with van der Waals surface area (Å²) in [5.41, 5.74) is 2.33. The summed E-state index contributed by atoms with van der Waals surface area (Å²) in [7, 11) is 0. The molecule has 0 aliphatic carbocycles. The number of aryl methyl sites for hydroxylation is 1. The molecule has 1 amide bonds. The molecule has 0 N–H and O–H groups in total. The summed E-state index contributed by atoms with van der Waals surface area (Å²) in [4.78, 5) is 20.4. The van der Waals surface area contributed by atoms with E-state index in [0.29, 0.717) is 26.2 Å². The van der Waals surface area contributed by atoms with Crippen molar-refractivity contribution in [3.05, 3.63) is 23.8 Å². The number of carbonyl (C=O) groups is 1. The molecule has 23 heavy (non-hydrogen) atoms. The minimum absolute atomic E-state index is 0.459. The van der Waals surface area contributed by atoms with Crippen LogP contribution in [0.1, 0.15) is 12.5 Å². The van der Waals surface area contributed by atoms with Crippen LogP contribution in [0.15, 0.2) is 18.2 Å². The lowest BCUT2D eigenvalue weighted by molar-refractivity contribution is -0.130. The molecule has 1 aromatic carbocycles. The van der Waals surface area contributed by atoms with E-state index in [1.54, 1.807) is 16.2 Å². The highest BCUT2D eigenvalue weighted by molar-refractivity contribution is 7.22. The Hall–Kier alpha value is -0.750. The molecule has 1 fully saturated rings. The highest BCUT2D eigenvalue weighted by Gasteiger charge is 2.36. The van der Waals surface area contributed by atoms with E-state index in [9.17, 15) is 4.79 Å². The van der Waals surface area contributed by atoms with Crippen LogP contribution in [0.25, 0.3) is 10.2 Å². The van der Waals surface area contributed by atoms with E-state index < -0.39 is 9.70 Å². The number of nitrogens with zero attached hydrogens (tertiary/aromatic N) is 3. The summed E-state index contributed by atoms with van der Waals surface area (Å²) in [5, 5.41) is 0.981. The second-order valence-electron chi connectivity index (χ2n) is 5.43. The van der Waals surface area contributed by atoms with Gasteiger partial charge in [-0.3, -0.25) is 4.79 Å². The molecule has 124 valence electrons. The number of carbonyl (C=O) groups excluding carboxylic acids is 1. The molecule has 2 aromatic rings. The quantitative estimate of drug-likeness (QED) is 0.728. The van der Waals surface area contributed by atoms with E-state index in [2.05, 4.69) is 30.0 Å². The van der Waals surface area contributed by atoms with Gasteiger partial charge < -0.3 is 9.80 Å². The highest BCUT2D eigenvalue weighted by atomic mass is 35.6. The van der Waals surface area contributed by atoms with Gasteiger partial charge in [0.1, 0.15) is 0 Å². The van der Waals surface area contributed by atoms with Crippen LogP contribution >= 0.6 is 46.1 Å². The van der Waals surface area contributed by atoms with Gasteiger partial charge in [0.05, 0.1) is 10.2 Å². The maximum Gasteiger partial charge on any atom is 0.274 e. The van der Waals surface area contributed by atoms with Crippen molar-refractivity contribution in [2.75, 3.05) is 31.1 Å². The monoisotopic (exact) mass is 391 g/mol. The molecule has 2 heterocycles. The van der Waals surface area contributed by atoms with Gasteiger partial charge in [0, 0.05) is 26.2 Å². The molecule has 0 atom stereocenters. The first-order valence-corrected chi connectivity index (χ1v) is 9.34. The molecule has 8 heteroatoms. The molecule has 0 saturated carbocycles. The minimum Gasteiger partial charge on any atom is -0.345 e. The second-order valence-corrected chi connectivity index (χ2v) is 8.72. The van der Waals surface area contributed by atoms with E-state index >= 15 is 0 Å². The van der Waals surface area contributed by atoms with E-state index in [-0.39, 0.29) is 0 Å². The summed E-state index contributed by atoms with van der Waals surface area (Å²) in [6.07, 6.45) is 1.01. The number of hydrogen-bond donors (Lipinski definition) is 0. The van der Waals surface area contributed by atoms with Gasteiger partial charge in [-0.2, -0.15) is 0 Å². The average molecular weight is 393 g/mol. The fourth-order valence-electron chi connectivity index (χ4n) is 2.59. The number of piperazine rings is 1. The van der Waals surface area contributed by atoms with Crippen molar-refractivity contribution >= 4 is 67.4 Å². The van der Waals surface area contributed by atoms with Crippen molar-refractivity contribution in [2.24, 2.45) is 0 Å². The summed E-state index contributed by atoms with van der Waals surface area (Å²) in [6, 6.07) is 6.37. The van der Waals surface area contributed by atoms with Crippen LogP contribution in [-0.4, -0.2) is 45.8 Å². The number of thiazole rings is 1. The van der Waals surface area contributed by atoms with Crippen LogP contribution in [0.4, 0.5) is 5.13 Å². The summed E-state index contributed by atoms with van der Waals surface area (Å²) in [6.45, 7) is 4.58. The van der Waals surface area contributed by atoms with Gasteiger partial charge in [0.25, 0.3) is 9.70 Å². The van der Waals surface area contributed by atoms with Crippen LogP contribution in [-0.2, 0) is 11.2 Å². The molecule has 0 bridgehead atoms. The molecule has 1 saturated heterocycles. The zero-order valence-corrected chi connectivity index (χ0v) is 15.6. The van der Waals surface area contributed by atoms with Crippen LogP contribution in [0.5, 0.6) is 0 Å². The summed E-state index contributed by atoms with van der Waals surface area (Å²) in [5.74, 6) is -0.459. The van der Waals surface area contributed by atoms with E-state index in [1.807, 2.05) is 0 Å². The Morgan fingerprint density at radius 2 is 1.96 bits per heavy atom.